The highest BCUT2D eigenvalue weighted by Crippen LogP contribution is 2.82. The number of anilines is 1. The zero-order valence-electron chi connectivity index (χ0n) is 36.6. The lowest BCUT2D eigenvalue weighted by molar-refractivity contribution is -0.146. The van der Waals surface area contributed by atoms with Crippen molar-refractivity contribution in [1.29, 1.82) is 0 Å². The minimum absolute atomic E-state index is 0.0258. The number of carbonyl (C=O) groups is 4. The number of rotatable bonds is 16. The van der Waals surface area contributed by atoms with Crippen LogP contribution in [0.3, 0.4) is 0 Å². The van der Waals surface area contributed by atoms with E-state index >= 15 is 0 Å². The summed E-state index contributed by atoms with van der Waals surface area (Å²) in [5.74, 6) is 0.897. The third kappa shape index (κ3) is 8.62. The molecule has 0 radical (unpaired) electrons. The van der Waals surface area contributed by atoms with E-state index in [1.807, 2.05) is 53.0 Å². The van der Waals surface area contributed by atoms with Gasteiger partial charge in [0.25, 0.3) is 0 Å². The second kappa shape index (κ2) is 16.8. The minimum Gasteiger partial charge on any atom is -0.491 e. The summed E-state index contributed by atoms with van der Waals surface area (Å²) in [7, 11) is 0. The number of fused-ring (bicyclic) bond motifs is 2. The van der Waals surface area contributed by atoms with Crippen molar-refractivity contribution in [1.82, 2.24) is 30.4 Å². The number of aromatic nitrogens is 2. The summed E-state index contributed by atoms with van der Waals surface area (Å²) in [6.45, 7) is 15.6. The summed E-state index contributed by atoms with van der Waals surface area (Å²) in [6.07, 6.45) is 0.239. The van der Waals surface area contributed by atoms with E-state index < -0.39 is 53.0 Å². The molecular weight excluding hydrogens is 850 g/mol. The number of aliphatic carboxylic acids is 1. The standard InChI is InChI=1S/C45H58ClN7O9S/c1-7-23-19-45(23,41(56)57)51-39(54)29-16-24(20-53(29)40(55)38(44(4,5)6)50-43(58)62-32-17-26-33-34(26)35(32)33)61-31-18-27(28-21-63-42(49-28)47-22(2)3)48-37-25(31)8-9-30(36(37)46)60-15-12-52-10-13-59-14-11-52/h8-9,18,21-24,26,29,32-35,38H,7,10-17,19-20H2,1-6H3,(H,47,49)(H,50,58)(H,51,54)(H,56,57)/t23?,24-,26-,29+,32-,33?,34-,35?,38-,45-/m1/s1. The number of hydrogen-bond acceptors (Lipinski definition) is 13. The van der Waals surface area contributed by atoms with Gasteiger partial charge in [-0.05, 0) is 67.9 Å². The molecule has 5 aliphatic carbocycles. The fraction of sp³-hybridized carbons (Fsp3) is 0.644. The van der Waals surface area contributed by atoms with Gasteiger partial charge in [0.1, 0.15) is 58.7 Å². The fourth-order valence-electron chi connectivity index (χ4n) is 10.2. The predicted octanol–water partition coefficient (Wildman–Crippen LogP) is 5.67. The van der Waals surface area contributed by atoms with Gasteiger partial charge in [-0.3, -0.25) is 14.5 Å². The number of amides is 3. The lowest BCUT2D eigenvalue weighted by atomic mass is 9.85. The minimum atomic E-state index is -1.42. The number of pyridine rings is 1. The number of nitrogens with zero attached hydrogens (tertiary/aromatic N) is 4. The van der Waals surface area contributed by atoms with E-state index in [0.29, 0.717) is 102 Å². The number of thiazole rings is 1. The Balaban J connectivity index is 1.01. The molecular formula is C45H58ClN7O9S. The molecule has 2 aliphatic heterocycles. The molecule has 3 amide bonds. The number of carboxylic acids is 1. The first-order valence-electron chi connectivity index (χ1n) is 22.3. The largest absolute Gasteiger partial charge is 0.491 e. The third-order valence-electron chi connectivity index (χ3n) is 13.9. The molecule has 3 unspecified atom stereocenters. The van der Waals surface area contributed by atoms with Crippen LogP contribution in [0.2, 0.25) is 5.02 Å². The molecule has 7 fully saturated rings. The molecule has 5 saturated carbocycles. The summed E-state index contributed by atoms with van der Waals surface area (Å²) >= 11 is 8.56. The summed E-state index contributed by atoms with van der Waals surface area (Å²) in [4.78, 5) is 68.6. The zero-order valence-corrected chi connectivity index (χ0v) is 38.2. The zero-order chi connectivity index (χ0) is 44.5. The summed E-state index contributed by atoms with van der Waals surface area (Å²) in [5, 5.41) is 22.8. The van der Waals surface area contributed by atoms with Crippen LogP contribution in [0.4, 0.5) is 9.93 Å². The number of benzene rings is 1. The van der Waals surface area contributed by atoms with Crippen LogP contribution < -0.4 is 25.4 Å². The lowest BCUT2D eigenvalue weighted by Crippen LogP contribution is -2.59. The van der Waals surface area contributed by atoms with Crippen molar-refractivity contribution in [2.45, 2.75) is 103 Å². The summed E-state index contributed by atoms with van der Waals surface area (Å²) in [6, 6.07) is 3.40. The van der Waals surface area contributed by atoms with Gasteiger partial charge in [-0.25, -0.2) is 19.6 Å². The maximum Gasteiger partial charge on any atom is 0.408 e. The fourth-order valence-corrected chi connectivity index (χ4v) is 11.3. The Morgan fingerprint density at radius 2 is 1.83 bits per heavy atom. The Labute approximate surface area is 376 Å². The Bertz CT molecular complexity index is 2270. The quantitative estimate of drug-likeness (QED) is 0.138. The number of carboxylic acid groups (broad SMARTS) is 1. The van der Waals surface area contributed by atoms with Crippen LogP contribution in [0, 0.1) is 35.0 Å². The first kappa shape index (κ1) is 43.8. The summed E-state index contributed by atoms with van der Waals surface area (Å²) in [5.41, 5.74) is -0.671. The molecule has 340 valence electrons. The van der Waals surface area contributed by atoms with Crippen molar-refractivity contribution in [3.8, 4) is 22.9 Å². The van der Waals surface area contributed by atoms with E-state index in [4.69, 9.17) is 40.5 Å². The van der Waals surface area contributed by atoms with Crippen LogP contribution in [0.1, 0.15) is 67.2 Å². The highest BCUT2D eigenvalue weighted by molar-refractivity contribution is 7.14. The molecule has 18 heteroatoms. The van der Waals surface area contributed by atoms with Gasteiger partial charge < -0.3 is 44.9 Å². The van der Waals surface area contributed by atoms with E-state index in [1.54, 1.807) is 12.1 Å². The van der Waals surface area contributed by atoms with Gasteiger partial charge in [0.05, 0.1) is 31.0 Å². The maximum atomic E-state index is 14.8. The Hall–Kier alpha value is -4.45. The van der Waals surface area contributed by atoms with Gasteiger partial charge in [0.15, 0.2) is 5.13 Å². The monoisotopic (exact) mass is 907 g/mol. The van der Waals surface area contributed by atoms with E-state index in [1.165, 1.54) is 16.2 Å². The highest BCUT2D eigenvalue weighted by atomic mass is 35.5. The number of hydrogen-bond donors (Lipinski definition) is 4. The molecule has 2 bridgehead atoms. The average Bonchev–Trinajstić information content (AvgIpc) is 4.10. The lowest BCUT2D eigenvalue weighted by Gasteiger charge is -2.35. The molecule has 10 atom stereocenters. The van der Waals surface area contributed by atoms with Crippen LogP contribution in [0.15, 0.2) is 23.6 Å². The second-order valence-electron chi connectivity index (χ2n) is 19.5. The predicted molar refractivity (Wildman–Crippen MR) is 236 cm³/mol. The van der Waals surface area contributed by atoms with Crippen molar-refractivity contribution in [3.05, 3.63) is 28.6 Å². The molecule has 4 heterocycles. The van der Waals surface area contributed by atoms with E-state index in [-0.39, 0.29) is 31.0 Å². The van der Waals surface area contributed by atoms with Crippen molar-refractivity contribution < 1.29 is 43.2 Å². The molecule has 7 aliphatic rings. The van der Waals surface area contributed by atoms with Crippen LogP contribution in [-0.4, -0.2) is 131 Å². The number of alkyl carbamates (subject to hydrolysis) is 1. The van der Waals surface area contributed by atoms with Crippen LogP contribution in [0.25, 0.3) is 22.3 Å². The number of morpholine rings is 1. The van der Waals surface area contributed by atoms with Crippen molar-refractivity contribution >= 4 is 62.8 Å². The highest BCUT2D eigenvalue weighted by Gasteiger charge is 2.81. The average molecular weight is 909 g/mol. The Kier molecular flexibility index (Phi) is 11.7. The third-order valence-corrected chi connectivity index (χ3v) is 15.0. The molecule has 3 aromatic rings. The normalized spacial score (nSPS) is 29.8. The Morgan fingerprint density at radius 1 is 1.06 bits per heavy atom. The topological polar surface area (TPSA) is 194 Å². The number of likely N-dealkylation sites (tertiary alicyclic amines) is 1. The first-order chi connectivity index (χ1) is 30.1. The molecule has 2 saturated heterocycles. The van der Waals surface area contributed by atoms with Gasteiger partial charge >= 0.3 is 12.1 Å². The van der Waals surface area contributed by atoms with E-state index in [2.05, 4.69) is 20.9 Å². The van der Waals surface area contributed by atoms with Gasteiger partial charge in [-0.1, -0.05) is 45.7 Å². The second-order valence-corrected chi connectivity index (χ2v) is 20.7. The molecule has 2 aromatic heterocycles. The smallest absolute Gasteiger partial charge is 0.408 e. The van der Waals surface area contributed by atoms with Gasteiger partial charge in [0, 0.05) is 54.8 Å². The van der Waals surface area contributed by atoms with Crippen molar-refractivity contribution in [2.75, 3.05) is 51.3 Å². The van der Waals surface area contributed by atoms with Crippen LogP contribution in [0.5, 0.6) is 11.5 Å². The van der Waals surface area contributed by atoms with Crippen molar-refractivity contribution in [3.63, 3.8) is 0 Å². The first-order valence-corrected chi connectivity index (χ1v) is 23.6. The molecule has 1 aromatic carbocycles. The number of halogens is 1. The molecule has 0 spiro atoms. The van der Waals surface area contributed by atoms with Crippen LogP contribution in [-0.2, 0) is 23.9 Å². The SMILES string of the molecule is CCC1C[C@]1(NC(=O)[C@@H]1C[C@@H](Oc2cc(-c3csc(NC(C)C)n3)nc3c(Cl)c(OCCN4CCOCC4)ccc23)CN1C(=O)[C@@H](NC(=O)O[C@@H]1C[C@@H]2C3C1[C@@H]32)C(C)(C)C)C(=O)O. The summed E-state index contributed by atoms with van der Waals surface area (Å²) < 4.78 is 24.4. The van der Waals surface area contributed by atoms with Crippen LogP contribution >= 0.6 is 22.9 Å². The van der Waals surface area contributed by atoms with Gasteiger partial charge in [-0.2, -0.15) is 0 Å². The van der Waals surface area contributed by atoms with Gasteiger partial charge in [0.2, 0.25) is 11.8 Å². The van der Waals surface area contributed by atoms with E-state index in [9.17, 15) is 24.3 Å². The van der Waals surface area contributed by atoms with Gasteiger partial charge in [-0.15, -0.1) is 11.3 Å². The molecule has 16 nitrogen and oxygen atoms in total. The molecule has 63 heavy (non-hydrogen) atoms. The number of carbonyl (C=O) groups excluding carboxylic acids is 3. The maximum absolute atomic E-state index is 14.8. The number of nitrogens with one attached hydrogen (secondary N) is 3. The Morgan fingerprint density at radius 3 is 2.48 bits per heavy atom. The number of ether oxygens (including phenoxy) is 4. The molecule has 4 N–H and O–H groups in total. The van der Waals surface area contributed by atoms with E-state index in [0.717, 1.165) is 24.6 Å². The van der Waals surface area contributed by atoms with Crippen molar-refractivity contribution in [2.24, 2.45) is 35.0 Å². The molecule has 10 rings (SSSR count).